The first-order valence-electron chi connectivity index (χ1n) is 7.75. The number of benzene rings is 2. The normalized spacial score (nSPS) is 19.3. The second kappa shape index (κ2) is 5.43. The Morgan fingerprint density at radius 3 is 2.48 bits per heavy atom. The molecular weight excluding hydrogens is 320 g/mol. The Bertz CT molecular complexity index is 867. The quantitative estimate of drug-likeness (QED) is 0.592. The van der Waals surface area contributed by atoms with Gasteiger partial charge in [-0.05, 0) is 75.3 Å². The lowest BCUT2D eigenvalue weighted by atomic mass is 9.96. The molecule has 0 amide bonds. The average molecular weight is 339 g/mol. The Balaban J connectivity index is 1.73. The van der Waals surface area contributed by atoms with Gasteiger partial charge >= 0.3 is 0 Å². The molecule has 0 saturated heterocycles. The van der Waals surface area contributed by atoms with Gasteiger partial charge in [0.2, 0.25) is 0 Å². The smallest absolute Gasteiger partial charge is 0.0406 e. The van der Waals surface area contributed by atoms with Crippen molar-refractivity contribution in [3.63, 3.8) is 0 Å². The molecule has 0 nitrogen and oxygen atoms in total. The third-order valence-electron chi connectivity index (χ3n) is 4.61. The summed E-state index contributed by atoms with van der Waals surface area (Å²) in [4.78, 5) is 1.52. The number of halogens is 1. The van der Waals surface area contributed by atoms with Gasteiger partial charge in [0, 0.05) is 5.02 Å². The van der Waals surface area contributed by atoms with Crippen molar-refractivity contribution in [3.8, 4) is 11.1 Å². The Morgan fingerprint density at radius 2 is 1.78 bits per heavy atom. The van der Waals surface area contributed by atoms with E-state index < -0.39 is 10.0 Å². The predicted octanol–water partition coefficient (Wildman–Crippen LogP) is 6.42. The summed E-state index contributed by atoms with van der Waals surface area (Å²) in [6, 6.07) is 14.8. The molecule has 2 aromatic carbocycles. The highest BCUT2D eigenvalue weighted by atomic mass is 35.5. The summed E-state index contributed by atoms with van der Waals surface area (Å²) in [6.45, 7) is 0. The molecule has 0 radical (unpaired) electrons. The van der Waals surface area contributed by atoms with E-state index in [4.69, 9.17) is 11.6 Å². The van der Waals surface area contributed by atoms with Crippen molar-refractivity contribution in [1.29, 1.82) is 0 Å². The highest BCUT2D eigenvalue weighted by Gasteiger charge is 2.26. The van der Waals surface area contributed by atoms with Gasteiger partial charge in [-0.1, -0.05) is 54.1 Å². The lowest BCUT2D eigenvalue weighted by molar-refractivity contribution is 1.24. The van der Waals surface area contributed by atoms with Crippen LogP contribution >= 0.6 is 21.6 Å². The number of rotatable bonds is 2. The standard InChI is InChI=1S/C21H19ClS/c1-23(2)12-4-7-21(23)17-13-16-5-3-6-19(20(16)14-17)15-8-10-18(22)11-9-15/h3-13H,14H2,1-2H3. The fourth-order valence-electron chi connectivity index (χ4n) is 3.44. The molecule has 2 aromatic rings. The highest BCUT2D eigenvalue weighted by Crippen LogP contribution is 2.58. The predicted molar refractivity (Wildman–Crippen MR) is 105 cm³/mol. The summed E-state index contributed by atoms with van der Waals surface area (Å²) in [5.41, 5.74) is 6.84. The van der Waals surface area contributed by atoms with Crippen LogP contribution in [0.4, 0.5) is 0 Å². The summed E-state index contributed by atoms with van der Waals surface area (Å²) >= 11 is 6.04. The molecule has 0 unspecified atom stereocenters. The molecule has 0 N–H and O–H groups in total. The second-order valence-electron chi connectivity index (χ2n) is 6.49. The van der Waals surface area contributed by atoms with Gasteiger partial charge in [-0.25, -0.2) is 0 Å². The van der Waals surface area contributed by atoms with E-state index in [0.29, 0.717) is 0 Å². The van der Waals surface area contributed by atoms with Gasteiger partial charge in [-0.3, -0.25) is 0 Å². The summed E-state index contributed by atoms with van der Waals surface area (Å²) in [5.74, 6) is 0. The van der Waals surface area contributed by atoms with Crippen LogP contribution in [0.15, 0.2) is 70.5 Å². The van der Waals surface area contributed by atoms with E-state index in [9.17, 15) is 0 Å². The van der Waals surface area contributed by atoms with E-state index in [1.165, 1.54) is 32.7 Å². The van der Waals surface area contributed by atoms with Crippen LogP contribution in [0.2, 0.25) is 5.02 Å². The van der Waals surface area contributed by atoms with Crippen LogP contribution in [0.25, 0.3) is 17.2 Å². The first kappa shape index (κ1) is 14.9. The summed E-state index contributed by atoms with van der Waals surface area (Å²) < 4.78 is 0. The summed E-state index contributed by atoms with van der Waals surface area (Å²) in [6.07, 6.45) is 12.7. The first-order valence-corrected chi connectivity index (χ1v) is 10.6. The number of allylic oxidation sites excluding steroid dienone is 3. The van der Waals surface area contributed by atoms with Crippen molar-refractivity contribution in [2.75, 3.05) is 12.5 Å². The van der Waals surface area contributed by atoms with Crippen LogP contribution in [0.5, 0.6) is 0 Å². The second-order valence-corrected chi connectivity index (χ2v) is 10.5. The third-order valence-corrected chi connectivity index (χ3v) is 7.24. The lowest BCUT2D eigenvalue weighted by Gasteiger charge is -2.28. The summed E-state index contributed by atoms with van der Waals surface area (Å²) in [5, 5.41) is 3.15. The molecule has 116 valence electrons. The van der Waals surface area contributed by atoms with Crippen LogP contribution in [0.1, 0.15) is 11.1 Å². The Kier molecular flexibility index (Phi) is 3.51. The molecule has 2 aliphatic rings. The van der Waals surface area contributed by atoms with Crippen molar-refractivity contribution < 1.29 is 0 Å². The molecule has 1 aliphatic heterocycles. The molecule has 0 atom stereocenters. The topological polar surface area (TPSA) is 0 Å². The summed E-state index contributed by atoms with van der Waals surface area (Å²) in [7, 11) is -0.777. The van der Waals surface area contributed by atoms with Crippen LogP contribution < -0.4 is 0 Å². The average Bonchev–Trinajstić information content (AvgIpc) is 3.10. The van der Waals surface area contributed by atoms with Crippen LogP contribution in [0.3, 0.4) is 0 Å². The number of hydrogen-bond acceptors (Lipinski definition) is 0. The largest absolute Gasteiger partial charge is 0.200 e. The molecule has 0 fully saturated rings. The van der Waals surface area contributed by atoms with Gasteiger partial charge in [-0.15, -0.1) is 0 Å². The third kappa shape index (κ3) is 2.58. The zero-order valence-corrected chi connectivity index (χ0v) is 14.9. The molecular formula is C21H19ClS. The van der Waals surface area contributed by atoms with E-state index in [1.54, 1.807) is 0 Å². The minimum Gasteiger partial charge on any atom is -0.200 e. The maximum absolute atomic E-state index is 6.04. The van der Waals surface area contributed by atoms with Crippen molar-refractivity contribution in [1.82, 2.24) is 0 Å². The van der Waals surface area contributed by atoms with Gasteiger partial charge in [-0.2, -0.15) is 10.0 Å². The van der Waals surface area contributed by atoms with Gasteiger partial charge < -0.3 is 0 Å². The van der Waals surface area contributed by atoms with Crippen molar-refractivity contribution in [2.45, 2.75) is 6.42 Å². The fourth-order valence-corrected chi connectivity index (χ4v) is 5.42. The van der Waals surface area contributed by atoms with Crippen LogP contribution in [-0.2, 0) is 6.42 Å². The maximum Gasteiger partial charge on any atom is 0.0406 e. The Labute approximate surface area is 144 Å². The van der Waals surface area contributed by atoms with Gasteiger partial charge in [0.25, 0.3) is 0 Å². The Hall–Kier alpha value is -1.70. The monoisotopic (exact) mass is 338 g/mol. The van der Waals surface area contributed by atoms with E-state index >= 15 is 0 Å². The molecule has 0 saturated carbocycles. The van der Waals surface area contributed by atoms with E-state index in [0.717, 1.165) is 11.4 Å². The molecule has 23 heavy (non-hydrogen) atoms. The molecule has 0 bridgehead atoms. The Morgan fingerprint density at radius 1 is 1.00 bits per heavy atom. The molecule has 1 heterocycles. The zero-order chi connectivity index (χ0) is 16.0. The molecule has 2 heteroatoms. The van der Waals surface area contributed by atoms with Crippen LogP contribution in [0, 0.1) is 0 Å². The number of hydrogen-bond donors (Lipinski definition) is 0. The van der Waals surface area contributed by atoms with Crippen LogP contribution in [-0.4, -0.2) is 12.5 Å². The number of fused-ring (bicyclic) bond motifs is 1. The minimum atomic E-state index is -0.777. The molecule has 0 spiro atoms. The molecule has 0 aromatic heterocycles. The highest BCUT2D eigenvalue weighted by molar-refractivity contribution is 8.38. The SMILES string of the molecule is CS1(C)C=CC=C1C1=Cc2cccc(-c3ccc(Cl)cc3)c2C1. The van der Waals surface area contributed by atoms with Crippen molar-refractivity contribution in [3.05, 3.63) is 86.7 Å². The minimum absolute atomic E-state index is 0.777. The maximum atomic E-state index is 6.04. The van der Waals surface area contributed by atoms with E-state index in [1.807, 2.05) is 12.1 Å². The molecule has 1 aliphatic carbocycles. The van der Waals surface area contributed by atoms with Gasteiger partial charge in [0.1, 0.15) is 0 Å². The van der Waals surface area contributed by atoms with Crippen molar-refractivity contribution >= 4 is 27.7 Å². The van der Waals surface area contributed by atoms with Crippen molar-refractivity contribution in [2.24, 2.45) is 0 Å². The van der Waals surface area contributed by atoms with Gasteiger partial charge in [0.05, 0.1) is 0 Å². The zero-order valence-electron chi connectivity index (χ0n) is 13.3. The molecule has 4 rings (SSSR count). The lowest BCUT2D eigenvalue weighted by Crippen LogP contribution is -1.97. The first-order chi connectivity index (χ1) is 11.0. The van der Waals surface area contributed by atoms with E-state index in [-0.39, 0.29) is 0 Å². The van der Waals surface area contributed by atoms with Gasteiger partial charge in [0.15, 0.2) is 0 Å². The fraction of sp³-hybridized carbons (Fsp3) is 0.143. The van der Waals surface area contributed by atoms with E-state index in [2.05, 4.69) is 66.5 Å².